The minimum atomic E-state index is -0.302. The lowest BCUT2D eigenvalue weighted by atomic mass is 10.1. The van der Waals surface area contributed by atoms with Crippen LogP contribution in [0.3, 0.4) is 0 Å². The summed E-state index contributed by atoms with van der Waals surface area (Å²) in [5, 5.41) is 0. The first kappa shape index (κ1) is 18.5. The summed E-state index contributed by atoms with van der Waals surface area (Å²) in [6, 6.07) is 7.78. The van der Waals surface area contributed by atoms with Crippen LogP contribution in [0.15, 0.2) is 29.1 Å². The van der Waals surface area contributed by atoms with Crippen molar-refractivity contribution in [3.8, 4) is 17.9 Å². The van der Waals surface area contributed by atoms with E-state index >= 15 is 0 Å². The minimum Gasteiger partial charge on any atom is -0.463 e. The van der Waals surface area contributed by atoms with Gasteiger partial charge in [-0.15, -0.1) is 0 Å². The number of hydrogen-bond donors (Lipinski definition) is 3. The Hall–Kier alpha value is -3.31. The van der Waals surface area contributed by atoms with Gasteiger partial charge in [-0.3, -0.25) is 4.57 Å². The van der Waals surface area contributed by atoms with E-state index in [-0.39, 0.29) is 17.5 Å². The molecule has 0 aliphatic heterocycles. The maximum absolute atomic E-state index is 12.4. The Morgan fingerprint density at radius 1 is 1.26 bits per heavy atom. The molecule has 5 N–H and O–H groups in total. The smallest absolute Gasteiger partial charge is 0.328 e. The van der Waals surface area contributed by atoms with Crippen LogP contribution in [-0.2, 0) is 6.54 Å². The molecule has 0 spiro atoms. The number of ether oxygens (including phenoxy) is 1. The van der Waals surface area contributed by atoms with Gasteiger partial charge in [0.2, 0.25) is 0 Å². The molecule has 1 aromatic carbocycles. The first-order valence-electron chi connectivity index (χ1n) is 8.79. The fraction of sp³-hybridized carbons (Fsp3) is 0.316. The first-order valence-corrected chi connectivity index (χ1v) is 8.79. The number of benzene rings is 1. The number of rotatable bonds is 6. The van der Waals surface area contributed by atoms with Crippen LogP contribution < -0.4 is 21.9 Å². The number of nitrogens with two attached hydrogens (primary N) is 2. The summed E-state index contributed by atoms with van der Waals surface area (Å²) in [5.41, 5.74) is 13.7. The monoisotopic (exact) mass is 366 g/mol. The summed E-state index contributed by atoms with van der Waals surface area (Å²) in [6.07, 6.45) is 1.89. The van der Waals surface area contributed by atoms with Gasteiger partial charge >= 0.3 is 11.7 Å². The van der Waals surface area contributed by atoms with E-state index in [1.807, 2.05) is 24.3 Å². The molecule has 0 radical (unpaired) electrons. The molecule has 2 aromatic heterocycles. The Balaban J connectivity index is 1.91. The Labute approximate surface area is 156 Å². The van der Waals surface area contributed by atoms with Crippen molar-refractivity contribution in [1.82, 2.24) is 19.5 Å². The molecule has 0 aliphatic carbocycles. The van der Waals surface area contributed by atoms with Crippen LogP contribution in [0.5, 0.6) is 6.01 Å². The predicted octanol–water partition coefficient (Wildman–Crippen LogP) is 1.24. The van der Waals surface area contributed by atoms with Crippen LogP contribution in [0.4, 0.5) is 5.82 Å². The number of hydrogen-bond acceptors (Lipinski definition) is 6. The molecule has 0 saturated heterocycles. The van der Waals surface area contributed by atoms with Gasteiger partial charge in [0, 0.05) is 5.56 Å². The molecule has 2 heterocycles. The van der Waals surface area contributed by atoms with Crippen LogP contribution in [0, 0.1) is 11.8 Å². The molecule has 0 atom stereocenters. The lowest BCUT2D eigenvalue weighted by Gasteiger charge is -2.07. The highest BCUT2D eigenvalue weighted by Gasteiger charge is 2.14. The largest absolute Gasteiger partial charge is 0.463 e. The molecular formula is C19H22N6O2. The molecule has 0 unspecified atom stereocenters. The molecule has 27 heavy (non-hydrogen) atoms. The maximum atomic E-state index is 12.4. The van der Waals surface area contributed by atoms with Gasteiger partial charge in [-0.25, -0.2) is 4.79 Å². The van der Waals surface area contributed by atoms with Crippen molar-refractivity contribution in [2.24, 2.45) is 5.73 Å². The van der Waals surface area contributed by atoms with E-state index in [2.05, 4.69) is 33.7 Å². The van der Waals surface area contributed by atoms with Crippen molar-refractivity contribution in [2.45, 2.75) is 26.3 Å². The van der Waals surface area contributed by atoms with Gasteiger partial charge in [0.05, 0.1) is 19.7 Å². The fourth-order valence-corrected chi connectivity index (χ4v) is 2.58. The van der Waals surface area contributed by atoms with Crippen LogP contribution in [-0.4, -0.2) is 32.7 Å². The number of nitrogen functional groups attached to an aromatic ring is 1. The Bertz CT molecular complexity index is 1040. The second-order valence-electron chi connectivity index (χ2n) is 6.01. The number of imidazole rings is 1. The highest BCUT2D eigenvalue weighted by Crippen LogP contribution is 2.18. The molecule has 0 bridgehead atoms. The van der Waals surface area contributed by atoms with Gasteiger partial charge in [0.1, 0.15) is 5.52 Å². The number of nitrogens with one attached hydrogen (secondary N) is 1. The molecule has 3 rings (SSSR count). The number of H-pyrrole nitrogens is 1. The summed E-state index contributed by atoms with van der Waals surface area (Å²) < 4.78 is 7.06. The molecule has 0 aliphatic rings. The SMILES string of the molecule is CCCCOc1nc(N)c2[nH]c(=O)n(Cc3ccc(C#CCN)cc3)c2n1. The van der Waals surface area contributed by atoms with Gasteiger partial charge in [-0.05, 0) is 24.1 Å². The van der Waals surface area contributed by atoms with Crippen LogP contribution >= 0.6 is 0 Å². The number of unbranched alkanes of at least 4 members (excludes halogenated alkanes) is 1. The van der Waals surface area contributed by atoms with Crippen LogP contribution in [0.1, 0.15) is 30.9 Å². The second kappa shape index (κ2) is 8.38. The normalized spacial score (nSPS) is 10.6. The molecular weight excluding hydrogens is 344 g/mol. The number of anilines is 1. The van der Waals surface area contributed by atoms with E-state index < -0.39 is 0 Å². The lowest BCUT2D eigenvalue weighted by molar-refractivity contribution is 0.286. The van der Waals surface area contributed by atoms with E-state index in [1.165, 1.54) is 4.57 Å². The summed E-state index contributed by atoms with van der Waals surface area (Å²) in [6.45, 7) is 3.23. The number of fused-ring (bicyclic) bond motifs is 1. The van der Waals surface area contributed by atoms with Crippen LogP contribution in [0.25, 0.3) is 11.2 Å². The topological polar surface area (TPSA) is 125 Å². The Morgan fingerprint density at radius 3 is 2.74 bits per heavy atom. The zero-order valence-corrected chi connectivity index (χ0v) is 15.2. The Morgan fingerprint density at radius 2 is 2.04 bits per heavy atom. The molecule has 0 saturated carbocycles. The van der Waals surface area contributed by atoms with Crippen molar-refractivity contribution in [1.29, 1.82) is 0 Å². The van der Waals surface area contributed by atoms with Crippen LogP contribution in [0.2, 0.25) is 0 Å². The van der Waals surface area contributed by atoms with E-state index in [4.69, 9.17) is 16.2 Å². The predicted molar refractivity (Wildman–Crippen MR) is 104 cm³/mol. The standard InChI is InChI=1S/C19H22N6O2/c1-2-3-11-27-18-23-16(21)15-17(24-18)25(19(26)22-15)12-14-8-6-13(7-9-14)5-4-10-20/h6-9H,2-3,10-12,20H2,1H3,(H,22,26)(H2,21,23,24). The Kier molecular flexibility index (Phi) is 5.74. The maximum Gasteiger partial charge on any atom is 0.328 e. The molecule has 0 fully saturated rings. The number of aromatic amines is 1. The van der Waals surface area contributed by atoms with Gasteiger partial charge < -0.3 is 21.2 Å². The van der Waals surface area contributed by atoms with Crippen molar-refractivity contribution in [2.75, 3.05) is 18.9 Å². The summed E-state index contributed by atoms with van der Waals surface area (Å²) in [5.74, 6) is 5.97. The first-order chi connectivity index (χ1) is 13.1. The van der Waals surface area contributed by atoms with Crippen molar-refractivity contribution >= 4 is 17.0 Å². The minimum absolute atomic E-state index is 0.175. The van der Waals surface area contributed by atoms with E-state index in [1.54, 1.807) is 0 Å². The summed E-state index contributed by atoms with van der Waals surface area (Å²) in [4.78, 5) is 23.6. The molecule has 3 aromatic rings. The van der Waals surface area contributed by atoms with Crippen molar-refractivity contribution in [3.05, 3.63) is 45.9 Å². The highest BCUT2D eigenvalue weighted by molar-refractivity contribution is 5.81. The number of nitrogens with zero attached hydrogens (tertiary/aromatic N) is 3. The van der Waals surface area contributed by atoms with Gasteiger partial charge in [0.25, 0.3) is 0 Å². The molecule has 8 nitrogen and oxygen atoms in total. The molecule has 0 amide bonds. The third-order valence-electron chi connectivity index (χ3n) is 3.99. The zero-order valence-electron chi connectivity index (χ0n) is 15.2. The second-order valence-corrected chi connectivity index (χ2v) is 6.01. The summed E-state index contributed by atoms with van der Waals surface area (Å²) in [7, 11) is 0. The average molecular weight is 366 g/mol. The summed E-state index contributed by atoms with van der Waals surface area (Å²) >= 11 is 0. The molecule has 140 valence electrons. The van der Waals surface area contributed by atoms with Crippen molar-refractivity contribution < 1.29 is 4.74 Å². The van der Waals surface area contributed by atoms with Gasteiger partial charge in [-0.1, -0.05) is 37.3 Å². The van der Waals surface area contributed by atoms with Gasteiger partial charge in [0.15, 0.2) is 11.5 Å². The van der Waals surface area contributed by atoms with E-state index in [0.29, 0.717) is 30.9 Å². The number of aromatic nitrogens is 4. The van der Waals surface area contributed by atoms with Crippen molar-refractivity contribution in [3.63, 3.8) is 0 Å². The van der Waals surface area contributed by atoms with E-state index in [9.17, 15) is 4.79 Å². The van der Waals surface area contributed by atoms with Gasteiger partial charge in [-0.2, -0.15) is 9.97 Å². The third-order valence-corrected chi connectivity index (χ3v) is 3.99. The zero-order chi connectivity index (χ0) is 19.2. The average Bonchev–Trinajstić information content (AvgIpc) is 2.98. The van der Waals surface area contributed by atoms with E-state index in [0.717, 1.165) is 24.0 Å². The third kappa shape index (κ3) is 4.27. The molecule has 8 heteroatoms. The fourth-order valence-electron chi connectivity index (χ4n) is 2.58. The quantitative estimate of drug-likeness (QED) is 0.445. The highest BCUT2D eigenvalue weighted by atomic mass is 16.5. The lowest BCUT2D eigenvalue weighted by Crippen LogP contribution is -2.17.